The summed E-state index contributed by atoms with van der Waals surface area (Å²) in [5.41, 5.74) is 0.983. The first-order valence-corrected chi connectivity index (χ1v) is 9.48. The highest BCUT2D eigenvalue weighted by Gasteiger charge is 2.37. The second-order valence-electron chi connectivity index (χ2n) is 7.18. The van der Waals surface area contributed by atoms with Crippen molar-refractivity contribution in [2.45, 2.75) is 45.3 Å². The number of halogens is 1. The van der Waals surface area contributed by atoms with E-state index in [2.05, 4.69) is 11.4 Å². The fourth-order valence-corrected chi connectivity index (χ4v) is 4.71. The van der Waals surface area contributed by atoms with Gasteiger partial charge in [0.15, 0.2) is 0 Å². The minimum atomic E-state index is -1.02. The molecule has 2 aliphatic rings. The lowest BCUT2D eigenvalue weighted by molar-refractivity contribution is -0.146. The van der Waals surface area contributed by atoms with Crippen LogP contribution in [0.25, 0.3) is 0 Å². The summed E-state index contributed by atoms with van der Waals surface area (Å²) in [7, 11) is 0. The number of nitrogens with one attached hydrogen (secondary N) is 1. The number of thiophene rings is 1. The van der Waals surface area contributed by atoms with Crippen molar-refractivity contribution >= 4 is 39.8 Å². The Kier molecular flexibility index (Phi) is 5.11. The van der Waals surface area contributed by atoms with Gasteiger partial charge >= 0.3 is 5.97 Å². The van der Waals surface area contributed by atoms with Crippen LogP contribution in [0.4, 0.5) is 5.00 Å². The molecule has 6 nitrogen and oxygen atoms in total. The predicted octanol–water partition coefficient (Wildman–Crippen LogP) is 3.64. The van der Waals surface area contributed by atoms with Gasteiger partial charge in [0.2, 0.25) is 5.91 Å². The molecule has 0 aromatic carbocycles. The second-order valence-corrected chi connectivity index (χ2v) is 8.77. The molecular weight excluding hydrogens is 376 g/mol. The highest BCUT2D eigenvalue weighted by atomic mass is 35.5. The van der Waals surface area contributed by atoms with Crippen molar-refractivity contribution in [2.75, 3.05) is 5.32 Å². The lowest BCUT2D eigenvalue weighted by Crippen LogP contribution is -2.35. The lowest BCUT2D eigenvalue weighted by Gasteiger charge is -2.29. The summed E-state index contributed by atoms with van der Waals surface area (Å²) in [6, 6.07) is 2.18. The van der Waals surface area contributed by atoms with Crippen LogP contribution in [0.5, 0.6) is 0 Å². The van der Waals surface area contributed by atoms with E-state index in [1.165, 1.54) is 11.3 Å². The third kappa shape index (κ3) is 3.63. The van der Waals surface area contributed by atoms with Crippen LogP contribution in [-0.2, 0) is 27.4 Å². The highest BCUT2D eigenvalue weighted by molar-refractivity contribution is 7.16. The molecule has 0 bridgehead atoms. The number of anilines is 1. The SMILES string of the molecule is CC1(C)Cc2c(sc(NC(=O)[C@H]3CC(Cl)=CC[C@@H]3C(=O)O)c2C#N)CO1. The molecule has 1 aromatic rings. The fraction of sp³-hybridized carbons (Fsp3) is 0.500. The maximum Gasteiger partial charge on any atom is 0.307 e. The molecule has 2 atom stereocenters. The third-order valence-corrected chi connectivity index (χ3v) is 6.21. The van der Waals surface area contributed by atoms with Crippen molar-refractivity contribution in [3.8, 4) is 6.07 Å². The van der Waals surface area contributed by atoms with Crippen LogP contribution in [0.1, 0.15) is 42.7 Å². The van der Waals surface area contributed by atoms with Gasteiger partial charge in [-0.2, -0.15) is 5.26 Å². The van der Waals surface area contributed by atoms with E-state index in [4.69, 9.17) is 16.3 Å². The summed E-state index contributed by atoms with van der Waals surface area (Å²) in [6.07, 6.45) is 2.65. The predicted molar refractivity (Wildman–Crippen MR) is 98.0 cm³/mol. The molecule has 2 heterocycles. The summed E-state index contributed by atoms with van der Waals surface area (Å²) in [4.78, 5) is 25.1. The average molecular weight is 395 g/mol. The summed E-state index contributed by atoms with van der Waals surface area (Å²) in [5, 5.41) is 22.7. The van der Waals surface area contributed by atoms with Crippen molar-refractivity contribution in [3.05, 3.63) is 27.1 Å². The van der Waals surface area contributed by atoms with Gasteiger partial charge in [0, 0.05) is 16.3 Å². The monoisotopic (exact) mass is 394 g/mol. The Balaban J connectivity index is 1.86. The Labute approximate surface area is 160 Å². The molecule has 0 saturated carbocycles. The maximum atomic E-state index is 12.7. The summed E-state index contributed by atoms with van der Waals surface area (Å²) in [5.74, 6) is -3.02. The third-order valence-electron chi connectivity index (χ3n) is 4.78. The Bertz CT molecular complexity index is 837. The summed E-state index contributed by atoms with van der Waals surface area (Å²) in [6.45, 7) is 4.31. The number of carbonyl (C=O) groups excluding carboxylic acids is 1. The number of aliphatic carboxylic acids is 1. The van der Waals surface area contributed by atoms with Crippen LogP contribution in [-0.4, -0.2) is 22.6 Å². The Hall–Kier alpha value is -1.88. The van der Waals surface area contributed by atoms with Gasteiger partial charge in [-0.3, -0.25) is 9.59 Å². The number of rotatable bonds is 3. The highest BCUT2D eigenvalue weighted by Crippen LogP contribution is 2.41. The summed E-state index contributed by atoms with van der Waals surface area (Å²) < 4.78 is 5.77. The number of nitriles is 1. The molecule has 2 N–H and O–H groups in total. The minimum absolute atomic E-state index is 0.188. The van der Waals surface area contributed by atoms with Crippen molar-refractivity contribution < 1.29 is 19.4 Å². The molecule has 3 rings (SSSR count). The van der Waals surface area contributed by atoms with Crippen LogP contribution in [0, 0.1) is 23.2 Å². The summed E-state index contributed by atoms with van der Waals surface area (Å²) >= 11 is 7.34. The van der Waals surface area contributed by atoms with Gasteiger partial charge in [-0.15, -0.1) is 11.3 Å². The van der Waals surface area contributed by atoms with Crippen LogP contribution in [0.15, 0.2) is 11.1 Å². The molecule has 8 heteroatoms. The maximum absolute atomic E-state index is 12.7. The molecular formula is C18H19ClN2O4S. The van der Waals surface area contributed by atoms with Gasteiger partial charge in [0.1, 0.15) is 11.1 Å². The second kappa shape index (κ2) is 7.03. The normalized spacial score (nSPS) is 24.2. The Morgan fingerprint density at radius 1 is 1.46 bits per heavy atom. The van der Waals surface area contributed by atoms with Crippen LogP contribution in [0.3, 0.4) is 0 Å². The molecule has 1 amide bonds. The first-order valence-electron chi connectivity index (χ1n) is 8.28. The smallest absolute Gasteiger partial charge is 0.307 e. The number of carboxylic acid groups (broad SMARTS) is 1. The fourth-order valence-electron chi connectivity index (χ4n) is 3.37. The van der Waals surface area contributed by atoms with Gasteiger partial charge in [0.25, 0.3) is 0 Å². The molecule has 0 saturated heterocycles. The van der Waals surface area contributed by atoms with E-state index >= 15 is 0 Å². The number of nitrogens with zero attached hydrogens (tertiary/aromatic N) is 1. The van der Waals surface area contributed by atoms with E-state index in [9.17, 15) is 20.0 Å². The number of allylic oxidation sites excluding steroid dienone is 2. The molecule has 26 heavy (non-hydrogen) atoms. The largest absolute Gasteiger partial charge is 0.481 e. The first kappa shape index (κ1) is 18.9. The van der Waals surface area contributed by atoms with Crippen LogP contribution < -0.4 is 5.32 Å². The quantitative estimate of drug-likeness (QED) is 0.815. The Morgan fingerprint density at radius 2 is 2.19 bits per heavy atom. The molecule has 0 fully saturated rings. The molecule has 1 aliphatic heterocycles. The molecule has 0 radical (unpaired) electrons. The van der Waals surface area contributed by atoms with Crippen LogP contribution in [0.2, 0.25) is 0 Å². The van der Waals surface area contributed by atoms with Crippen molar-refractivity contribution in [2.24, 2.45) is 11.8 Å². The number of hydrogen-bond donors (Lipinski definition) is 2. The lowest BCUT2D eigenvalue weighted by atomic mass is 9.82. The zero-order chi connectivity index (χ0) is 19.1. The first-order chi connectivity index (χ1) is 12.2. The molecule has 138 valence electrons. The number of ether oxygens (including phenoxy) is 1. The van der Waals surface area contributed by atoms with Gasteiger partial charge in [0.05, 0.1) is 29.6 Å². The molecule has 1 aliphatic carbocycles. The molecule has 0 spiro atoms. The van der Waals surface area contributed by atoms with E-state index in [0.717, 1.165) is 10.4 Å². The zero-order valence-electron chi connectivity index (χ0n) is 14.5. The number of amides is 1. The van der Waals surface area contributed by atoms with E-state index in [1.54, 1.807) is 6.08 Å². The van der Waals surface area contributed by atoms with Gasteiger partial charge < -0.3 is 15.2 Å². The topological polar surface area (TPSA) is 99.4 Å². The Morgan fingerprint density at radius 3 is 2.85 bits per heavy atom. The molecule has 1 aromatic heterocycles. The van der Waals surface area contributed by atoms with Gasteiger partial charge in [-0.25, -0.2) is 0 Å². The number of carbonyl (C=O) groups is 2. The van der Waals surface area contributed by atoms with E-state index in [0.29, 0.717) is 28.6 Å². The zero-order valence-corrected chi connectivity index (χ0v) is 16.0. The van der Waals surface area contributed by atoms with Gasteiger partial charge in [-0.1, -0.05) is 17.7 Å². The standard InChI is InChI=1S/C18H19ClN2O4S/c1-18(2)6-12-13(7-20)16(26-14(12)8-25-18)21-15(22)11-5-9(19)3-4-10(11)17(23)24/h3,10-11H,4-6,8H2,1-2H3,(H,21,22)(H,23,24)/t10-,11-/m0/s1. The van der Waals surface area contributed by atoms with Crippen LogP contribution >= 0.6 is 22.9 Å². The number of carboxylic acids is 1. The van der Waals surface area contributed by atoms with E-state index in [-0.39, 0.29) is 18.4 Å². The van der Waals surface area contributed by atoms with Crippen molar-refractivity contribution in [1.29, 1.82) is 5.26 Å². The minimum Gasteiger partial charge on any atom is -0.481 e. The average Bonchev–Trinajstić information content (AvgIpc) is 2.89. The van der Waals surface area contributed by atoms with E-state index < -0.39 is 23.7 Å². The van der Waals surface area contributed by atoms with Crippen molar-refractivity contribution in [1.82, 2.24) is 0 Å². The molecule has 0 unspecified atom stereocenters. The van der Waals surface area contributed by atoms with Gasteiger partial charge in [-0.05, 0) is 32.3 Å². The number of hydrogen-bond acceptors (Lipinski definition) is 5. The van der Waals surface area contributed by atoms with Crippen molar-refractivity contribution in [3.63, 3.8) is 0 Å². The number of fused-ring (bicyclic) bond motifs is 1. The van der Waals surface area contributed by atoms with E-state index in [1.807, 2.05) is 13.8 Å².